The zero-order chi connectivity index (χ0) is 12.5. The number of phenols is 1. The van der Waals surface area contributed by atoms with E-state index in [-0.39, 0.29) is 0 Å². The first-order valence-electron chi connectivity index (χ1n) is 6.19. The third-order valence-corrected chi connectivity index (χ3v) is 3.56. The molecule has 0 heterocycles. The van der Waals surface area contributed by atoms with Crippen LogP contribution in [0.3, 0.4) is 0 Å². The molecular formula is C14H22N2O. The molecule has 1 aliphatic carbocycles. The van der Waals surface area contributed by atoms with E-state index in [1.807, 2.05) is 33.3 Å². The van der Waals surface area contributed by atoms with E-state index >= 15 is 0 Å². The minimum Gasteiger partial charge on any atom is -0.508 e. The van der Waals surface area contributed by atoms with Crippen LogP contribution in [0.2, 0.25) is 0 Å². The predicted molar refractivity (Wildman–Crippen MR) is 70.2 cm³/mol. The van der Waals surface area contributed by atoms with Crippen LogP contribution in [0.5, 0.6) is 5.75 Å². The van der Waals surface area contributed by atoms with Gasteiger partial charge in [-0.2, -0.15) is 0 Å². The molecular weight excluding hydrogens is 212 g/mol. The molecule has 0 saturated heterocycles. The lowest BCUT2D eigenvalue weighted by molar-refractivity contribution is 0.385. The topological polar surface area (TPSA) is 35.5 Å². The standard InChI is InChI=1S/C14H22N2O/c1-15-14(6-7-14)9-11-4-5-13(17)12(8-11)10-16(2)3/h4-5,8,15,17H,6-7,9-10H2,1-3H3. The predicted octanol–water partition coefficient (Wildman–Crippen LogP) is 1.75. The van der Waals surface area contributed by atoms with Gasteiger partial charge in [0.15, 0.2) is 0 Å². The summed E-state index contributed by atoms with van der Waals surface area (Å²) in [5.41, 5.74) is 2.65. The third-order valence-electron chi connectivity index (χ3n) is 3.56. The lowest BCUT2D eigenvalue weighted by Crippen LogP contribution is -2.29. The van der Waals surface area contributed by atoms with E-state index in [0.717, 1.165) is 18.5 Å². The highest BCUT2D eigenvalue weighted by molar-refractivity contribution is 5.37. The number of aromatic hydroxyl groups is 1. The van der Waals surface area contributed by atoms with Crippen molar-refractivity contribution >= 4 is 0 Å². The molecule has 1 aromatic rings. The summed E-state index contributed by atoms with van der Waals surface area (Å²) >= 11 is 0. The quantitative estimate of drug-likeness (QED) is 0.814. The normalized spacial score (nSPS) is 17.4. The zero-order valence-electron chi connectivity index (χ0n) is 11.0. The third kappa shape index (κ3) is 2.99. The van der Waals surface area contributed by atoms with E-state index in [4.69, 9.17) is 0 Å². The fourth-order valence-electron chi connectivity index (χ4n) is 2.27. The van der Waals surface area contributed by atoms with Crippen molar-refractivity contribution in [3.8, 4) is 5.75 Å². The van der Waals surface area contributed by atoms with Gasteiger partial charge < -0.3 is 15.3 Å². The first kappa shape index (κ1) is 12.4. The van der Waals surface area contributed by atoms with Gasteiger partial charge in [0.2, 0.25) is 0 Å². The molecule has 1 aliphatic rings. The molecule has 17 heavy (non-hydrogen) atoms. The molecule has 0 amide bonds. The number of likely N-dealkylation sites (N-methyl/N-ethyl adjacent to an activating group) is 1. The van der Waals surface area contributed by atoms with Crippen LogP contribution in [0, 0.1) is 0 Å². The van der Waals surface area contributed by atoms with E-state index in [9.17, 15) is 5.11 Å². The van der Waals surface area contributed by atoms with Crippen LogP contribution in [0.1, 0.15) is 24.0 Å². The van der Waals surface area contributed by atoms with Gasteiger partial charge in [0.05, 0.1) is 0 Å². The summed E-state index contributed by atoms with van der Waals surface area (Å²) in [6.45, 7) is 0.784. The molecule has 94 valence electrons. The van der Waals surface area contributed by atoms with E-state index in [1.54, 1.807) is 0 Å². The van der Waals surface area contributed by atoms with Crippen LogP contribution in [-0.2, 0) is 13.0 Å². The summed E-state index contributed by atoms with van der Waals surface area (Å²) in [6, 6.07) is 5.98. The second-order valence-corrected chi connectivity index (χ2v) is 5.41. The molecule has 0 radical (unpaired) electrons. The molecule has 3 heteroatoms. The Labute approximate surface area is 103 Å². The Bertz CT molecular complexity index is 397. The Morgan fingerprint density at radius 2 is 2.06 bits per heavy atom. The maximum atomic E-state index is 9.81. The minimum atomic E-state index is 0.326. The van der Waals surface area contributed by atoms with E-state index < -0.39 is 0 Å². The molecule has 1 fully saturated rings. The molecule has 0 bridgehead atoms. The van der Waals surface area contributed by atoms with Gasteiger partial charge in [-0.05, 0) is 52.0 Å². The van der Waals surface area contributed by atoms with Crippen LogP contribution < -0.4 is 5.32 Å². The minimum absolute atomic E-state index is 0.326. The lowest BCUT2D eigenvalue weighted by Gasteiger charge is -2.16. The van der Waals surface area contributed by atoms with Crippen molar-refractivity contribution in [1.29, 1.82) is 0 Å². The van der Waals surface area contributed by atoms with Gasteiger partial charge in [0.25, 0.3) is 0 Å². The summed E-state index contributed by atoms with van der Waals surface area (Å²) in [7, 11) is 6.07. The second kappa shape index (κ2) is 4.67. The van der Waals surface area contributed by atoms with Crippen molar-refractivity contribution in [2.45, 2.75) is 31.3 Å². The maximum absolute atomic E-state index is 9.81. The van der Waals surface area contributed by atoms with Gasteiger partial charge >= 0.3 is 0 Å². The average molecular weight is 234 g/mol. The monoisotopic (exact) mass is 234 g/mol. The van der Waals surface area contributed by atoms with Crippen LogP contribution >= 0.6 is 0 Å². The number of benzene rings is 1. The van der Waals surface area contributed by atoms with E-state index in [2.05, 4.69) is 16.3 Å². The SMILES string of the molecule is CNC1(Cc2ccc(O)c(CN(C)C)c2)CC1. The summed E-state index contributed by atoms with van der Waals surface area (Å²) < 4.78 is 0. The number of hydrogen-bond donors (Lipinski definition) is 2. The highest BCUT2D eigenvalue weighted by Crippen LogP contribution is 2.38. The van der Waals surface area contributed by atoms with Crippen LogP contribution in [0.4, 0.5) is 0 Å². The molecule has 2 rings (SSSR count). The number of phenolic OH excluding ortho intramolecular Hbond substituents is 1. The highest BCUT2D eigenvalue weighted by Gasteiger charge is 2.40. The van der Waals surface area contributed by atoms with Gasteiger partial charge in [-0.1, -0.05) is 12.1 Å². The number of nitrogens with one attached hydrogen (secondary N) is 1. The van der Waals surface area contributed by atoms with E-state index in [1.165, 1.54) is 18.4 Å². The highest BCUT2D eigenvalue weighted by atomic mass is 16.3. The number of hydrogen-bond acceptors (Lipinski definition) is 3. The smallest absolute Gasteiger partial charge is 0.120 e. The van der Waals surface area contributed by atoms with Crippen LogP contribution in [0.15, 0.2) is 18.2 Å². The van der Waals surface area contributed by atoms with Crippen molar-refractivity contribution in [2.24, 2.45) is 0 Å². The summed E-state index contributed by atoms with van der Waals surface area (Å²) in [6.07, 6.45) is 3.57. The van der Waals surface area contributed by atoms with Crippen LogP contribution in [0.25, 0.3) is 0 Å². The van der Waals surface area contributed by atoms with Crippen molar-refractivity contribution in [2.75, 3.05) is 21.1 Å². The Balaban J connectivity index is 2.13. The number of rotatable bonds is 5. The molecule has 3 nitrogen and oxygen atoms in total. The molecule has 0 spiro atoms. The van der Waals surface area contributed by atoms with E-state index in [0.29, 0.717) is 11.3 Å². The van der Waals surface area contributed by atoms with Gasteiger partial charge in [0, 0.05) is 17.6 Å². The number of nitrogens with zero attached hydrogens (tertiary/aromatic N) is 1. The fourth-order valence-corrected chi connectivity index (χ4v) is 2.27. The molecule has 2 N–H and O–H groups in total. The molecule has 0 unspecified atom stereocenters. The Morgan fingerprint density at radius 1 is 1.35 bits per heavy atom. The van der Waals surface area contributed by atoms with Crippen molar-refractivity contribution < 1.29 is 5.11 Å². The van der Waals surface area contributed by atoms with Crippen molar-refractivity contribution in [3.63, 3.8) is 0 Å². The summed E-state index contributed by atoms with van der Waals surface area (Å²) in [4.78, 5) is 2.07. The molecule has 0 aliphatic heterocycles. The first-order valence-corrected chi connectivity index (χ1v) is 6.19. The average Bonchev–Trinajstić information content (AvgIpc) is 3.03. The van der Waals surface area contributed by atoms with Gasteiger partial charge in [0.1, 0.15) is 5.75 Å². The van der Waals surface area contributed by atoms with Crippen molar-refractivity contribution in [3.05, 3.63) is 29.3 Å². The maximum Gasteiger partial charge on any atom is 0.120 e. The fraction of sp³-hybridized carbons (Fsp3) is 0.571. The van der Waals surface area contributed by atoms with Crippen molar-refractivity contribution in [1.82, 2.24) is 10.2 Å². The van der Waals surface area contributed by atoms with Gasteiger partial charge in [-0.3, -0.25) is 0 Å². The van der Waals surface area contributed by atoms with Gasteiger partial charge in [-0.25, -0.2) is 0 Å². The van der Waals surface area contributed by atoms with Crippen LogP contribution in [-0.4, -0.2) is 36.7 Å². The zero-order valence-corrected chi connectivity index (χ0v) is 11.0. The Morgan fingerprint density at radius 3 is 2.59 bits per heavy atom. The molecule has 1 aromatic carbocycles. The van der Waals surface area contributed by atoms with Gasteiger partial charge in [-0.15, -0.1) is 0 Å². The Kier molecular flexibility index (Phi) is 3.40. The molecule has 0 atom stereocenters. The summed E-state index contributed by atoms with van der Waals surface area (Å²) in [5.74, 6) is 0.400. The summed E-state index contributed by atoms with van der Waals surface area (Å²) in [5, 5.41) is 13.2. The first-order chi connectivity index (χ1) is 8.04. The molecule has 1 saturated carbocycles. The lowest BCUT2D eigenvalue weighted by atomic mass is 10.0. The second-order valence-electron chi connectivity index (χ2n) is 5.41. The Hall–Kier alpha value is -1.06. The largest absolute Gasteiger partial charge is 0.508 e. The molecule has 0 aromatic heterocycles.